The lowest BCUT2D eigenvalue weighted by molar-refractivity contribution is 0.861. The molecule has 3 heterocycles. The highest BCUT2D eigenvalue weighted by molar-refractivity contribution is 6.21. The molecule has 2 aromatic heterocycles. The zero-order chi connectivity index (χ0) is 36.3. The zero-order valence-electron chi connectivity index (χ0n) is 30.2. The largest absolute Gasteiger partial charge is 0.297 e. The number of aromatic nitrogens is 2. The molecule has 0 fully saturated rings. The summed E-state index contributed by atoms with van der Waals surface area (Å²) in [6.45, 7) is 0.780. The molecule has 0 amide bonds. The third-order valence-corrected chi connectivity index (χ3v) is 11.3. The van der Waals surface area contributed by atoms with Crippen LogP contribution in [0.4, 0.5) is 0 Å². The first kappa shape index (κ1) is 31.4. The SMILES string of the molecule is C1=NCCc2c1c1cc(-c3ccccc3)ccc1n2-c1cccc(-c2ccc(-c3c4ccccc4c(-c4ccc5ccccc5c4)c4ccccc34)cc2)n1. The summed E-state index contributed by atoms with van der Waals surface area (Å²) in [6, 6.07) is 65.9. The van der Waals surface area contributed by atoms with Gasteiger partial charge in [-0.3, -0.25) is 9.56 Å². The Balaban J connectivity index is 1.01. The number of pyridine rings is 1. The third kappa shape index (κ3) is 5.20. The Bertz CT molecular complexity index is 3080. The van der Waals surface area contributed by atoms with Crippen LogP contribution in [0.15, 0.2) is 187 Å². The first-order valence-corrected chi connectivity index (χ1v) is 19.0. The molecule has 0 unspecified atom stereocenters. The van der Waals surface area contributed by atoms with Crippen molar-refractivity contribution in [3.8, 4) is 50.5 Å². The summed E-state index contributed by atoms with van der Waals surface area (Å²) in [6.07, 6.45) is 2.93. The molecule has 1 aliphatic rings. The molecule has 0 bridgehead atoms. The fourth-order valence-electron chi connectivity index (χ4n) is 8.77. The van der Waals surface area contributed by atoms with Crippen LogP contribution in [0.2, 0.25) is 0 Å². The predicted molar refractivity (Wildman–Crippen MR) is 231 cm³/mol. The molecule has 8 aromatic carbocycles. The van der Waals surface area contributed by atoms with Crippen LogP contribution in [0.25, 0.3) is 93.7 Å². The summed E-state index contributed by atoms with van der Waals surface area (Å²) in [5.41, 5.74) is 13.0. The fourth-order valence-corrected chi connectivity index (χ4v) is 8.77. The maximum Gasteiger partial charge on any atom is 0.138 e. The molecule has 0 radical (unpaired) electrons. The van der Waals surface area contributed by atoms with Crippen molar-refractivity contribution >= 4 is 49.4 Å². The lowest BCUT2D eigenvalue weighted by Crippen LogP contribution is -2.09. The van der Waals surface area contributed by atoms with Gasteiger partial charge in [0.05, 0.1) is 11.2 Å². The molecule has 0 N–H and O–H groups in total. The lowest BCUT2D eigenvalue weighted by atomic mass is 9.85. The molecule has 0 atom stereocenters. The third-order valence-electron chi connectivity index (χ3n) is 11.3. The molecule has 10 aromatic rings. The highest BCUT2D eigenvalue weighted by Gasteiger charge is 2.21. The van der Waals surface area contributed by atoms with Crippen molar-refractivity contribution in [2.45, 2.75) is 6.42 Å². The quantitative estimate of drug-likeness (QED) is 0.164. The Kier molecular flexibility index (Phi) is 7.31. The smallest absolute Gasteiger partial charge is 0.138 e. The molecular formula is C52H35N3. The number of hydrogen-bond donors (Lipinski definition) is 0. The van der Waals surface area contributed by atoms with E-state index in [1.807, 2.05) is 0 Å². The van der Waals surface area contributed by atoms with Crippen molar-refractivity contribution in [1.29, 1.82) is 0 Å². The van der Waals surface area contributed by atoms with Gasteiger partial charge in [-0.05, 0) is 96.0 Å². The van der Waals surface area contributed by atoms with E-state index in [0.29, 0.717) is 0 Å². The van der Waals surface area contributed by atoms with E-state index < -0.39 is 0 Å². The van der Waals surface area contributed by atoms with Gasteiger partial charge in [0, 0.05) is 41.4 Å². The maximum absolute atomic E-state index is 5.31. The molecule has 0 saturated carbocycles. The van der Waals surface area contributed by atoms with Crippen LogP contribution in [0, 0.1) is 0 Å². The summed E-state index contributed by atoms with van der Waals surface area (Å²) < 4.78 is 2.35. The Morgan fingerprint density at radius 2 is 1.04 bits per heavy atom. The van der Waals surface area contributed by atoms with Gasteiger partial charge in [-0.2, -0.15) is 0 Å². The second-order valence-electron chi connectivity index (χ2n) is 14.4. The van der Waals surface area contributed by atoms with Gasteiger partial charge in [0.25, 0.3) is 0 Å². The fraction of sp³-hybridized carbons (Fsp3) is 0.0385. The molecule has 258 valence electrons. The van der Waals surface area contributed by atoms with Crippen LogP contribution in [-0.4, -0.2) is 22.3 Å². The monoisotopic (exact) mass is 701 g/mol. The van der Waals surface area contributed by atoms with Gasteiger partial charge >= 0.3 is 0 Å². The number of nitrogens with zero attached hydrogens (tertiary/aromatic N) is 3. The molecule has 0 saturated heterocycles. The van der Waals surface area contributed by atoms with E-state index in [1.54, 1.807) is 0 Å². The molecule has 0 spiro atoms. The Hall–Kier alpha value is -7.10. The van der Waals surface area contributed by atoms with Crippen molar-refractivity contribution in [2.75, 3.05) is 6.54 Å². The average molecular weight is 702 g/mol. The van der Waals surface area contributed by atoms with Crippen LogP contribution in [0.3, 0.4) is 0 Å². The van der Waals surface area contributed by atoms with Crippen LogP contribution in [0.1, 0.15) is 11.3 Å². The van der Waals surface area contributed by atoms with Crippen molar-refractivity contribution in [1.82, 2.24) is 9.55 Å². The van der Waals surface area contributed by atoms with Crippen LogP contribution < -0.4 is 0 Å². The second kappa shape index (κ2) is 12.8. The molecule has 3 nitrogen and oxygen atoms in total. The van der Waals surface area contributed by atoms with Gasteiger partial charge in [0.1, 0.15) is 5.82 Å². The van der Waals surface area contributed by atoms with Gasteiger partial charge in [0.2, 0.25) is 0 Å². The molecule has 3 heteroatoms. The number of benzene rings is 8. The Labute approximate surface area is 319 Å². The van der Waals surface area contributed by atoms with Crippen molar-refractivity contribution in [3.05, 3.63) is 193 Å². The van der Waals surface area contributed by atoms with Gasteiger partial charge in [0.15, 0.2) is 0 Å². The summed E-state index contributed by atoms with van der Waals surface area (Å²) in [5, 5.41) is 8.73. The lowest BCUT2D eigenvalue weighted by Gasteiger charge is -2.18. The van der Waals surface area contributed by atoms with E-state index in [9.17, 15) is 0 Å². The van der Waals surface area contributed by atoms with E-state index in [-0.39, 0.29) is 0 Å². The van der Waals surface area contributed by atoms with Gasteiger partial charge in [-0.15, -0.1) is 0 Å². The topological polar surface area (TPSA) is 30.2 Å². The normalized spacial score (nSPS) is 12.5. The summed E-state index contributed by atoms with van der Waals surface area (Å²) >= 11 is 0. The molecule has 55 heavy (non-hydrogen) atoms. The van der Waals surface area contributed by atoms with Crippen molar-refractivity contribution in [3.63, 3.8) is 0 Å². The minimum absolute atomic E-state index is 0.780. The number of hydrogen-bond acceptors (Lipinski definition) is 2. The number of fused-ring (bicyclic) bond motifs is 6. The van der Waals surface area contributed by atoms with E-state index in [1.165, 1.54) is 82.3 Å². The first-order chi connectivity index (χ1) is 27.3. The van der Waals surface area contributed by atoms with Crippen molar-refractivity contribution in [2.24, 2.45) is 4.99 Å². The number of rotatable bonds is 5. The minimum atomic E-state index is 0.780. The van der Waals surface area contributed by atoms with Gasteiger partial charge in [-0.1, -0.05) is 152 Å². The van der Waals surface area contributed by atoms with Crippen LogP contribution >= 0.6 is 0 Å². The predicted octanol–water partition coefficient (Wildman–Crippen LogP) is 13.1. The summed E-state index contributed by atoms with van der Waals surface area (Å²) in [7, 11) is 0. The second-order valence-corrected chi connectivity index (χ2v) is 14.4. The molecule has 1 aliphatic heterocycles. The number of aliphatic imine (C=N–C) groups is 1. The standard InChI is InChI=1S/C52H35N3/c1-2-11-34(12-3-1)39-27-28-48-45(32-39)46-33-53-30-29-49(46)55(48)50-20-10-19-47(54-50)36-22-24-37(25-23-36)51-41-15-6-8-17-43(41)52(44-18-9-7-16-42(44)51)40-26-21-35-13-4-5-14-38(35)31-40/h1-28,31-33H,29-30H2. The maximum atomic E-state index is 5.31. The molecule has 0 aliphatic carbocycles. The van der Waals surface area contributed by atoms with Crippen LogP contribution in [-0.2, 0) is 6.42 Å². The van der Waals surface area contributed by atoms with E-state index in [0.717, 1.165) is 35.6 Å². The van der Waals surface area contributed by atoms with E-state index in [2.05, 4.69) is 198 Å². The van der Waals surface area contributed by atoms with Crippen molar-refractivity contribution < 1.29 is 0 Å². The summed E-state index contributed by atoms with van der Waals surface area (Å²) in [4.78, 5) is 10.00. The Morgan fingerprint density at radius 3 is 1.78 bits per heavy atom. The van der Waals surface area contributed by atoms with Gasteiger partial charge in [-0.25, -0.2) is 4.98 Å². The van der Waals surface area contributed by atoms with E-state index >= 15 is 0 Å². The minimum Gasteiger partial charge on any atom is -0.297 e. The van der Waals surface area contributed by atoms with Gasteiger partial charge < -0.3 is 0 Å². The first-order valence-electron chi connectivity index (χ1n) is 19.0. The highest BCUT2D eigenvalue weighted by atomic mass is 15.1. The Morgan fingerprint density at radius 1 is 0.418 bits per heavy atom. The van der Waals surface area contributed by atoms with Crippen LogP contribution in [0.5, 0.6) is 0 Å². The molecular weight excluding hydrogens is 667 g/mol. The zero-order valence-corrected chi connectivity index (χ0v) is 30.2. The average Bonchev–Trinajstić information content (AvgIpc) is 3.59. The highest BCUT2D eigenvalue weighted by Crippen LogP contribution is 2.44. The van der Waals surface area contributed by atoms with E-state index in [4.69, 9.17) is 4.98 Å². The summed E-state index contributed by atoms with van der Waals surface area (Å²) in [5.74, 6) is 0.928. The molecule has 11 rings (SSSR count).